The normalized spacial score (nSPS) is 11.0. The van der Waals surface area contributed by atoms with E-state index < -0.39 is 0 Å². The Kier molecular flexibility index (Phi) is 8.99. The van der Waals surface area contributed by atoms with Crippen molar-refractivity contribution in [1.82, 2.24) is 9.97 Å². The molecule has 54 heavy (non-hydrogen) atoms. The maximum Gasteiger partial charge on any atom is 0.0794 e. The number of benzene rings is 7. The van der Waals surface area contributed by atoms with Crippen LogP contribution in [0.5, 0.6) is 0 Å². The van der Waals surface area contributed by atoms with E-state index in [0.29, 0.717) is 0 Å². The molecule has 2 aromatic heterocycles. The van der Waals surface area contributed by atoms with Gasteiger partial charge in [-0.2, -0.15) is 0 Å². The summed E-state index contributed by atoms with van der Waals surface area (Å²) in [6.07, 6.45) is 0. The van der Waals surface area contributed by atoms with E-state index in [0.717, 1.165) is 89.5 Å². The fraction of sp³-hybridized carbons (Fsp3) is 0. The summed E-state index contributed by atoms with van der Waals surface area (Å²) in [6, 6.07) is 76.9. The molecule has 0 amide bonds. The van der Waals surface area contributed by atoms with Gasteiger partial charge < -0.3 is 0 Å². The molecule has 0 saturated carbocycles. The smallest absolute Gasteiger partial charge is 0.0794 e. The number of hydrogen-bond donors (Lipinski definition) is 0. The third kappa shape index (κ3) is 6.53. The van der Waals surface area contributed by atoms with Gasteiger partial charge in [0.25, 0.3) is 0 Å². The van der Waals surface area contributed by atoms with Gasteiger partial charge in [-0.1, -0.05) is 200 Å². The monoisotopic (exact) mass is 688 g/mol. The average molecular weight is 689 g/mol. The van der Waals surface area contributed by atoms with Crippen LogP contribution in [0, 0.1) is 0 Å². The van der Waals surface area contributed by atoms with Gasteiger partial charge in [0.1, 0.15) is 0 Å². The molecule has 9 rings (SSSR count). The van der Waals surface area contributed by atoms with Gasteiger partial charge in [0.2, 0.25) is 0 Å². The maximum atomic E-state index is 5.39. The first-order chi connectivity index (χ1) is 26.8. The Morgan fingerprint density at radius 3 is 0.833 bits per heavy atom. The van der Waals surface area contributed by atoms with Crippen molar-refractivity contribution in [2.75, 3.05) is 0 Å². The second kappa shape index (κ2) is 14.8. The van der Waals surface area contributed by atoms with Crippen LogP contribution in [0.1, 0.15) is 0 Å². The van der Waals surface area contributed by atoms with Crippen molar-refractivity contribution in [2.45, 2.75) is 0 Å². The van der Waals surface area contributed by atoms with Crippen LogP contribution < -0.4 is 0 Å². The standard InChI is InChI=1S/C52H36N2/c1-7-20-37(21-8-1)47-35-45(49(39-24-11-3-12-25-39)51(53-47)41-28-15-5-16-29-41)43-32-19-33-44(34-43)46-36-48(38-22-9-2-10-23-38)54-52(42-30-17-6-18-31-42)50(46)40-26-13-4-14-27-40/h1-36H. The highest BCUT2D eigenvalue weighted by molar-refractivity contribution is 5.98. The van der Waals surface area contributed by atoms with Crippen molar-refractivity contribution < 1.29 is 0 Å². The summed E-state index contributed by atoms with van der Waals surface area (Å²) in [5.41, 5.74) is 17.0. The third-order valence-electron chi connectivity index (χ3n) is 9.88. The highest BCUT2D eigenvalue weighted by Crippen LogP contribution is 2.45. The minimum absolute atomic E-state index is 0.932. The molecule has 0 atom stereocenters. The SMILES string of the molecule is c1ccc(-c2cc(-c3cccc(-c4cc(-c5ccccc5)nc(-c5ccccc5)c4-c4ccccc4)c3)c(-c3ccccc3)c(-c3ccccc3)n2)cc1. The summed E-state index contributed by atoms with van der Waals surface area (Å²) in [5.74, 6) is 0. The van der Waals surface area contributed by atoms with Crippen molar-refractivity contribution in [1.29, 1.82) is 0 Å². The van der Waals surface area contributed by atoms with Crippen LogP contribution in [0.3, 0.4) is 0 Å². The lowest BCUT2D eigenvalue weighted by Gasteiger charge is -2.20. The summed E-state index contributed by atoms with van der Waals surface area (Å²) in [7, 11) is 0. The van der Waals surface area contributed by atoms with Crippen LogP contribution in [-0.2, 0) is 0 Å². The van der Waals surface area contributed by atoms with Crippen molar-refractivity contribution in [3.8, 4) is 89.5 Å². The molecule has 2 nitrogen and oxygen atoms in total. The summed E-state index contributed by atoms with van der Waals surface area (Å²) < 4.78 is 0. The van der Waals surface area contributed by atoms with E-state index in [1.54, 1.807) is 0 Å². The van der Waals surface area contributed by atoms with Crippen LogP contribution in [0.25, 0.3) is 89.5 Å². The Balaban J connectivity index is 1.34. The number of pyridine rings is 2. The minimum atomic E-state index is 0.932. The number of nitrogens with zero attached hydrogens (tertiary/aromatic N) is 2. The van der Waals surface area contributed by atoms with E-state index in [1.807, 2.05) is 0 Å². The first kappa shape index (κ1) is 32.7. The highest BCUT2D eigenvalue weighted by Gasteiger charge is 2.21. The van der Waals surface area contributed by atoms with E-state index in [-0.39, 0.29) is 0 Å². The van der Waals surface area contributed by atoms with Crippen molar-refractivity contribution >= 4 is 0 Å². The van der Waals surface area contributed by atoms with Crippen molar-refractivity contribution in [3.05, 3.63) is 218 Å². The molecular formula is C52H36N2. The molecule has 0 bridgehead atoms. The Morgan fingerprint density at radius 1 is 0.222 bits per heavy atom. The Labute approximate surface area is 316 Å². The maximum absolute atomic E-state index is 5.39. The molecule has 0 saturated heterocycles. The van der Waals surface area contributed by atoms with Gasteiger partial charge in [-0.3, -0.25) is 0 Å². The molecular weight excluding hydrogens is 653 g/mol. The summed E-state index contributed by atoms with van der Waals surface area (Å²) in [5, 5.41) is 0. The molecule has 0 aliphatic heterocycles. The lowest BCUT2D eigenvalue weighted by Crippen LogP contribution is -1.98. The summed E-state index contributed by atoms with van der Waals surface area (Å²) in [4.78, 5) is 10.8. The number of rotatable bonds is 8. The first-order valence-corrected chi connectivity index (χ1v) is 18.3. The molecule has 0 N–H and O–H groups in total. The quantitative estimate of drug-likeness (QED) is 0.159. The van der Waals surface area contributed by atoms with Crippen LogP contribution in [0.15, 0.2) is 218 Å². The molecule has 0 aliphatic rings. The van der Waals surface area contributed by atoms with Gasteiger partial charge in [0.15, 0.2) is 0 Å². The Hall–Kier alpha value is -7.16. The molecule has 0 fully saturated rings. The van der Waals surface area contributed by atoms with E-state index in [9.17, 15) is 0 Å². The second-order valence-electron chi connectivity index (χ2n) is 13.3. The van der Waals surface area contributed by atoms with Crippen LogP contribution in [0.2, 0.25) is 0 Å². The van der Waals surface area contributed by atoms with E-state index in [1.165, 1.54) is 0 Å². The summed E-state index contributed by atoms with van der Waals surface area (Å²) in [6.45, 7) is 0. The van der Waals surface area contributed by atoms with Crippen molar-refractivity contribution in [2.24, 2.45) is 0 Å². The minimum Gasteiger partial charge on any atom is -0.247 e. The molecule has 2 heteroatoms. The van der Waals surface area contributed by atoms with E-state index in [2.05, 4.69) is 218 Å². The zero-order chi connectivity index (χ0) is 36.1. The van der Waals surface area contributed by atoms with Gasteiger partial charge in [-0.05, 0) is 51.6 Å². The van der Waals surface area contributed by atoms with Crippen LogP contribution in [0.4, 0.5) is 0 Å². The van der Waals surface area contributed by atoms with E-state index >= 15 is 0 Å². The predicted octanol–water partition coefficient (Wildman–Crippen LogP) is 13.8. The van der Waals surface area contributed by atoms with Gasteiger partial charge >= 0.3 is 0 Å². The van der Waals surface area contributed by atoms with Crippen LogP contribution in [-0.4, -0.2) is 9.97 Å². The topological polar surface area (TPSA) is 25.8 Å². The van der Waals surface area contributed by atoms with Gasteiger partial charge in [0.05, 0.1) is 22.8 Å². The fourth-order valence-corrected chi connectivity index (χ4v) is 7.32. The molecule has 0 spiro atoms. The second-order valence-corrected chi connectivity index (χ2v) is 13.3. The molecule has 9 aromatic rings. The largest absolute Gasteiger partial charge is 0.247 e. The first-order valence-electron chi connectivity index (χ1n) is 18.3. The molecule has 2 heterocycles. The zero-order valence-electron chi connectivity index (χ0n) is 29.7. The Morgan fingerprint density at radius 2 is 0.500 bits per heavy atom. The molecule has 254 valence electrons. The lowest BCUT2D eigenvalue weighted by atomic mass is 9.86. The number of hydrogen-bond acceptors (Lipinski definition) is 2. The van der Waals surface area contributed by atoms with Crippen LogP contribution >= 0.6 is 0 Å². The zero-order valence-corrected chi connectivity index (χ0v) is 29.7. The number of aromatic nitrogens is 2. The highest BCUT2D eigenvalue weighted by atomic mass is 14.7. The predicted molar refractivity (Wildman–Crippen MR) is 226 cm³/mol. The van der Waals surface area contributed by atoms with Gasteiger partial charge in [0, 0.05) is 33.4 Å². The molecule has 0 unspecified atom stereocenters. The third-order valence-corrected chi connectivity index (χ3v) is 9.88. The molecule has 0 aliphatic carbocycles. The Bertz CT molecular complexity index is 2470. The summed E-state index contributed by atoms with van der Waals surface area (Å²) >= 11 is 0. The average Bonchev–Trinajstić information content (AvgIpc) is 3.27. The van der Waals surface area contributed by atoms with Gasteiger partial charge in [-0.25, -0.2) is 9.97 Å². The molecule has 7 aromatic carbocycles. The van der Waals surface area contributed by atoms with Crippen molar-refractivity contribution in [3.63, 3.8) is 0 Å². The van der Waals surface area contributed by atoms with E-state index in [4.69, 9.17) is 9.97 Å². The fourth-order valence-electron chi connectivity index (χ4n) is 7.32. The molecule has 0 radical (unpaired) electrons. The van der Waals surface area contributed by atoms with Gasteiger partial charge in [-0.15, -0.1) is 0 Å². The lowest BCUT2D eigenvalue weighted by molar-refractivity contribution is 1.32.